The second-order valence-corrected chi connectivity index (χ2v) is 5.01. The minimum atomic E-state index is 0.318. The van der Waals surface area contributed by atoms with Gasteiger partial charge in [0.15, 0.2) is 0 Å². The zero-order chi connectivity index (χ0) is 11.4. The molecule has 84 valence electrons. The molecule has 1 aromatic heterocycles. The van der Waals surface area contributed by atoms with Crippen molar-refractivity contribution < 1.29 is 0 Å². The lowest BCUT2D eigenvalue weighted by molar-refractivity contribution is 0.575. The van der Waals surface area contributed by atoms with E-state index in [1.807, 2.05) is 18.2 Å². The molecule has 0 aliphatic heterocycles. The van der Waals surface area contributed by atoms with Crippen LogP contribution in [0.5, 0.6) is 0 Å². The van der Waals surface area contributed by atoms with E-state index < -0.39 is 0 Å². The minimum Gasteiger partial charge on any atom is -0.306 e. The van der Waals surface area contributed by atoms with Crippen molar-refractivity contribution in [2.45, 2.75) is 19.5 Å². The highest BCUT2D eigenvalue weighted by Crippen LogP contribution is 2.18. The van der Waals surface area contributed by atoms with Crippen molar-refractivity contribution in [3.8, 4) is 0 Å². The van der Waals surface area contributed by atoms with Crippen LogP contribution in [0.15, 0.2) is 41.1 Å². The summed E-state index contributed by atoms with van der Waals surface area (Å²) in [6.45, 7) is 3.05. The Labute approximate surface area is 105 Å². The van der Waals surface area contributed by atoms with Gasteiger partial charge in [0.05, 0.1) is 0 Å². The Morgan fingerprint density at radius 1 is 1.38 bits per heavy atom. The normalized spacial score (nSPS) is 12.6. The molecule has 0 spiro atoms. The second kappa shape index (κ2) is 5.48. The Kier molecular flexibility index (Phi) is 3.99. The predicted molar refractivity (Wildman–Crippen MR) is 71.0 cm³/mol. The van der Waals surface area contributed by atoms with Crippen molar-refractivity contribution in [2.75, 3.05) is 0 Å². The van der Waals surface area contributed by atoms with Gasteiger partial charge in [-0.1, -0.05) is 23.7 Å². The van der Waals surface area contributed by atoms with E-state index in [1.165, 1.54) is 11.1 Å². The van der Waals surface area contributed by atoms with Gasteiger partial charge in [-0.3, -0.25) is 0 Å². The van der Waals surface area contributed by atoms with Gasteiger partial charge in [-0.05, 0) is 47.0 Å². The third-order valence-corrected chi connectivity index (χ3v) is 3.51. The van der Waals surface area contributed by atoms with Crippen molar-refractivity contribution in [1.82, 2.24) is 5.32 Å². The average Bonchev–Trinajstić information content (AvgIpc) is 2.78. The highest BCUT2D eigenvalue weighted by Gasteiger charge is 2.05. The molecular formula is C13H14ClNS. The molecule has 1 atom stereocenters. The first-order valence-electron chi connectivity index (χ1n) is 5.25. The van der Waals surface area contributed by atoms with E-state index in [0.29, 0.717) is 6.04 Å². The molecular weight excluding hydrogens is 238 g/mol. The molecule has 2 rings (SSSR count). The standard InChI is InChI=1S/C13H14ClNS/c1-10(12-3-2-4-13(14)7-12)15-8-11-5-6-16-9-11/h2-7,9-10,15H,8H2,1H3. The van der Waals surface area contributed by atoms with Crippen LogP contribution in [0.4, 0.5) is 0 Å². The molecule has 2 aromatic rings. The summed E-state index contributed by atoms with van der Waals surface area (Å²) in [5.41, 5.74) is 2.56. The van der Waals surface area contributed by atoms with Crippen LogP contribution < -0.4 is 5.32 Å². The van der Waals surface area contributed by atoms with Gasteiger partial charge in [0.1, 0.15) is 0 Å². The number of hydrogen-bond acceptors (Lipinski definition) is 2. The molecule has 1 unspecified atom stereocenters. The van der Waals surface area contributed by atoms with Gasteiger partial charge in [-0.2, -0.15) is 11.3 Å². The van der Waals surface area contributed by atoms with Crippen molar-refractivity contribution in [2.24, 2.45) is 0 Å². The summed E-state index contributed by atoms with van der Waals surface area (Å²) in [6, 6.07) is 10.4. The van der Waals surface area contributed by atoms with Gasteiger partial charge in [0, 0.05) is 17.6 Å². The number of benzene rings is 1. The first-order valence-corrected chi connectivity index (χ1v) is 6.58. The van der Waals surface area contributed by atoms with Crippen LogP contribution in [0.1, 0.15) is 24.1 Å². The average molecular weight is 252 g/mol. The smallest absolute Gasteiger partial charge is 0.0409 e. The van der Waals surface area contributed by atoms with E-state index in [9.17, 15) is 0 Å². The third-order valence-electron chi connectivity index (χ3n) is 2.54. The number of thiophene rings is 1. The van der Waals surface area contributed by atoms with E-state index in [4.69, 9.17) is 11.6 Å². The maximum Gasteiger partial charge on any atom is 0.0409 e. The summed E-state index contributed by atoms with van der Waals surface area (Å²) in [5.74, 6) is 0. The third kappa shape index (κ3) is 3.08. The zero-order valence-corrected chi connectivity index (χ0v) is 10.7. The van der Waals surface area contributed by atoms with Crippen molar-refractivity contribution in [1.29, 1.82) is 0 Å². The second-order valence-electron chi connectivity index (χ2n) is 3.79. The highest BCUT2D eigenvalue weighted by atomic mass is 35.5. The number of nitrogens with one attached hydrogen (secondary N) is 1. The molecule has 0 radical (unpaired) electrons. The molecule has 16 heavy (non-hydrogen) atoms. The van der Waals surface area contributed by atoms with Crippen molar-refractivity contribution in [3.05, 3.63) is 57.2 Å². The zero-order valence-electron chi connectivity index (χ0n) is 9.11. The summed E-state index contributed by atoms with van der Waals surface area (Å²) in [6.07, 6.45) is 0. The Morgan fingerprint density at radius 2 is 2.25 bits per heavy atom. The van der Waals surface area contributed by atoms with E-state index in [1.54, 1.807) is 11.3 Å². The number of rotatable bonds is 4. The molecule has 1 aromatic carbocycles. The van der Waals surface area contributed by atoms with Gasteiger partial charge in [0.25, 0.3) is 0 Å². The lowest BCUT2D eigenvalue weighted by Gasteiger charge is -2.13. The Hall–Kier alpha value is -0.830. The van der Waals surface area contributed by atoms with Gasteiger partial charge >= 0.3 is 0 Å². The topological polar surface area (TPSA) is 12.0 Å². The maximum atomic E-state index is 5.96. The fourth-order valence-electron chi connectivity index (χ4n) is 1.56. The van der Waals surface area contributed by atoms with Gasteiger partial charge < -0.3 is 5.32 Å². The number of hydrogen-bond donors (Lipinski definition) is 1. The Bertz CT molecular complexity index is 439. The molecule has 0 aliphatic carbocycles. The molecule has 1 N–H and O–H groups in total. The summed E-state index contributed by atoms with van der Waals surface area (Å²) < 4.78 is 0. The lowest BCUT2D eigenvalue weighted by Crippen LogP contribution is -2.17. The molecule has 0 bridgehead atoms. The predicted octanol–water partition coefficient (Wildman–Crippen LogP) is 4.25. The fourth-order valence-corrected chi connectivity index (χ4v) is 2.43. The summed E-state index contributed by atoms with van der Waals surface area (Å²) in [4.78, 5) is 0. The molecule has 0 aliphatic rings. The van der Waals surface area contributed by atoms with Crippen LogP contribution in [-0.4, -0.2) is 0 Å². The van der Waals surface area contributed by atoms with Crippen LogP contribution in [0.2, 0.25) is 5.02 Å². The van der Waals surface area contributed by atoms with E-state index in [0.717, 1.165) is 11.6 Å². The molecule has 0 saturated carbocycles. The molecule has 3 heteroatoms. The summed E-state index contributed by atoms with van der Waals surface area (Å²) in [5, 5.41) is 8.53. The quantitative estimate of drug-likeness (QED) is 0.857. The van der Waals surface area contributed by atoms with E-state index >= 15 is 0 Å². The van der Waals surface area contributed by atoms with Crippen molar-refractivity contribution in [3.63, 3.8) is 0 Å². The molecule has 1 nitrogen and oxygen atoms in total. The first kappa shape index (κ1) is 11.6. The molecule has 0 fully saturated rings. The van der Waals surface area contributed by atoms with Crippen LogP contribution in [0, 0.1) is 0 Å². The monoisotopic (exact) mass is 251 g/mol. The largest absolute Gasteiger partial charge is 0.306 e. The Morgan fingerprint density at radius 3 is 2.94 bits per heavy atom. The van der Waals surface area contributed by atoms with Gasteiger partial charge in [-0.25, -0.2) is 0 Å². The molecule has 0 amide bonds. The summed E-state index contributed by atoms with van der Waals surface area (Å²) >= 11 is 7.69. The Balaban J connectivity index is 1.95. The van der Waals surface area contributed by atoms with Crippen LogP contribution in [0.3, 0.4) is 0 Å². The lowest BCUT2D eigenvalue weighted by atomic mass is 10.1. The van der Waals surface area contributed by atoms with Gasteiger partial charge in [-0.15, -0.1) is 0 Å². The summed E-state index contributed by atoms with van der Waals surface area (Å²) in [7, 11) is 0. The SMILES string of the molecule is CC(NCc1ccsc1)c1cccc(Cl)c1. The van der Waals surface area contributed by atoms with Crippen LogP contribution in [0.25, 0.3) is 0 Å². The van der Waals surface area contributed by atoms with E-state index in [2.05, 4.69) is 35.1 Å². The fraction of sp³-hybridized carbons (Fsp3) is 0.231. The van der Waals surface area contributed by atoms with Gasteiger partial charge in [0.2, 0.25) is 0 Å². The maximum absolute atomic E-state index is 5.96. The molecule has 1 heterocycles. The highest BCUT2D eigenvalue weighted by molar-refractivity contribution is 7.07. The molecule has 0 saturated heterocycles. The minimum absolute atomic E-state index is 0.318. The van der Waals surface area contributed by atoms with Crippen molar-refractivity contribution >= 4 is 22.9 Å². The van der Waals surface area contributed by atoms with Crippen LogP contribution in [-0.2, 0) is 6.54 Å². The first-order chi connectivity index (χ1) is 7.75. The van der Waals surface area contributed by atoms with E-state index in [-0.39, 0.29) is 0 Å². The number of halogens is 1. The van der Waals surface area contributed by atoms with Crippen LogP contribution >= 0.6 is 22.9 Å².